The highest BCUT2D eigenvalue weighted by Crippen LogP contribution is 2.42. The number of allylic oxidation sites excluding steroid dienone is 3. The van der Waals surface area contributed by atoms with Crippen LogP contribution in [-0.2, 0) is 6.42 Å². The molecule has 39 heavy (non-hydrogen) atoms. The van der Waals surface area contributed by atoms with Gasteiger partial charge < -0.3 is 15.5 Å². The minimum Gasteiger partial charge on any atom is -0.388 e. The van der Waals surface area contributed by atoms with Crippen molar-refractivity contribution in [3.8, 4) is 0 Å². The third kappa shape index (κ3) is 9.76. The van der Waals surface area contributed by atoms with Gasteiger partial charge in [-0.15, -0.1) is 0 Å². The fraction of sp³-hybridized carbons (Fsp3) is 0.667. The molecule has 1 aliphatic heterocycles. The highest BCUT2D eigenvalue weighted by Gasteiger charge is 2.33. The van der Waals surface area contributed by atoms with Gasteiger partial charge >= 0.3 is 0 Å². The van der Waals surface area contributed by atoms with E-state index in [1.807, 2.05) is 20.8 Å². The van der Waals surface area contributed by atoms with Crippen LogP contribution in [0.25, 0.3) is 0 Å². The maximum atomic E-state index is 4.59. The topological polar surface area (TPSA) is 27.3 Å². The van der Waals surface area contributed by atoms with E-state index in [0.29, 0.717) is 12.0 Å². The van der Waals surface area contributed by atoms with Gasteiger partial charge in [0.15, 0.2) is 0 Å². The molecule has 1 heterocycles. The first-order valence-electron chi connectivity index (χ1n) is 15.8. The van der Waals surface area contributed by atoms with Crippen molar-refractivity contribution in [1.29, 1.82) is 0 Å². The summed E-state index contributed by atoms with van der Waals surface area (Å²) in [5.41, 5.74) is 6.58. The molecule has 2 N–H and O–H groups in total. The van der Waals surface area contributed by atoms with E-state index in [2.05, 4.69) is 94.2 Å². The molecule has 2 atom stereocenters. The van der Waals surface area contributed by atoms with Crippen molar-refractivity contribution in [3.63, 3.8) is 0 Å². The Kier molecular flexibility index (Phi) is 12.7. The van der Waals surface area contributed by atoms with Crippen molar-refractivity contribution in [3.05, 3.63) is 66.7 Å². The Bertz CT molecular complexity index is 934. The van der Waals surface area contributed by atoms with E-state index >= 15 is 0 Å². The number of nitrogens with zero attached hydrogens (tertiary/aromatic N) is 1. The van der Waals surface area contributed by atoms with Crippen LogP contribution in [0.3, 0.4) is 0 Å². The molecule has 3 rings (SSSR count). The molecular formula is C36H61N3. The Hall–Kier alpha value is -2.16. The third-order valence-corrected chi connectivity index (χ3v) is 9.05. The van der Waals surface area contributed by atoms with E-state index in [1.54, 1.807) is 0 Å². The summed E-state index contributed by atoms with van der Waals surface area (Å²) >= 11 is 0. The molecule has 1 aromatic carbocycles. The maximum Gasteiger partial charge on any atom is 0.0478 e. The summed E-state index contributed by atoms with van der Waals surface area (Å²) in [6.45, 7) is 33.1. The SMILES string of the molecule is C=C(C)NC1Cc2ccccc2N(C(=C)CC(C)(C)CCC(C)CNC(=C)C(C)(C)C2CCCCC2)C1.CC. The van der Waals surface area contributed by atoms with Gasteiger partial charge in [0.25, 0.3) is 0 Å². The lowest BCUT2D eigenvalue weighted by Crippen LogP contribution is -2.45. The Balaban J connectivity index is 0.00000260. The largest absolute Gasteiger partial charge is 0.388 e. The fourth-order valence-electron chi connectivity index (χ4n) is 6.41. The van der Waals surface area contributed by atoms with Crippen LogP contribution in [0.2, 0.25) is 0 Å². The molecule has 2 aliphatic rings. The van der Waals surface area contributed by atoms with E-state index in [0.717, 1.165) is 37.5 Å². The van der Waals surface area contributed by atoms with E-state index in [1.165, 1.54) is 67.6 Å². The van der Waals surface area contributed by atoms with Gasteiger partial charge in [-0.2, -0.15) is 0 Å². The van der Waals surface area contributed by atoms with Crippen LogP contribution in [0.4, 0.5) is 5.69 Å². The van der Waals surface area contributed by atoms with Crippen molar-refractivity contribution in [1.82, 2.24) is 10.6 Å². The highest BCUT2D eigenvalue weighted by atomic mass is 15.2. The van der Waals surface area contributed by atoms with Crippen molar-refractivity contribution in [2.24, 2.45) is 22.7 Å². The van der Waals surface area contributed by atoms with Gasteiger partial charge in [0, 0.05) is 47.3 Å². The zero-order chi connectivity index (χ0) is 29.2. The predicted molar refractivity (Wildman–Crippen MR) is 174 cm³/mol. The lowest BCUT2D eigenvalue weighted by molar-refractivity contribution is 0.186. The molecule has 3 heteroatoms. The van der Waals surface area contributed by atoms with Crippen LogP contribution in [0.5, 0.6) is 0 Å². The van der Waals surface area contributed by atoms with E-state index in [9.17, 15) is 0 Å². The van der Waals surface area contributed by atoms with E-state index in [-0.39, 0.29) is 10.8 Å². The second-order valence-corrected chi connectivity index (χ2v) is 13.5. The number of anilines is 1. The second-order valence-electron chi connectivity index (χ2n) is 13.5. The molecule has 0 aromatic heterocycles. The van der Waals surface area contributed by atoms with Crippen molar-refractivity contribution < 1.29 is 0 Å². The van der Waals surface area contributed by atoms with E-state index < -0.39 is 0 Å². The molecule has 1 saturated carbocycles. The molecule has 0 spiro atoms. The lowest BCUT2D eigenvalue weighted by Gasteiger charge is -2.40. The van der Waals surface area contributed by atoms with Gasteiger partial charge in [0.1, 0.15) is 0 Å². The van der Waals surface area contributed by atoms with Gasteiger partial charge in [0.2, 0.25) is 0 Å². The summed E-state index contributed by atoms with van der Waals surface area (Å²) in [7, 11) is 0. The van der Waals surface area contributed by atoms with Crippen LogP contribution in [-0.4, -0.2) is 19.1 Å². The molecular weight excluding hydrogens is 474 g/mol. The molecule has 1 fully saturated rings. The van der Waals surface area contributed by atoms with Gasteiger partial charge in [-0.05, 0) is 74.3 Å². The van der Waals surface area contributed by atoms with Crippen LogP contribution in [0.15, 0.2) is 61.1 Å². The van der Waals surface area contributed by atoms with Crippen LogP contribution >= 0.6 is 0 Å². The molecule has 0 bridgehead atoms. The maximum absolute atomic E-state index is 4.59. The molecule has 0 amide bonds. The quantitative estimate of drug-likeness (QED) is 0.263. The minimum atomic E-state index is 0.179. The molecule has 220 valence electrons. The number of hydrogen-bond donors (Lipinski definition) is 2. The number of hydrogen-bond acceptors (Lipinski definition) is 3. The first-order chi connectivity index (χ1) is 18.4. The molecule has 0 saturated heterocycles. The second kappa shape index (κ2) is 15.0. The Morgan fingerprint density at radius 2 is 1.67 bits per heavy atom. The monoisotopic (exact) mass is 535 g/mol. The zero-order valence-electron chi connectivity index (χ0n) is 26.9. The number of nitrogens with one attached hydrogen (secondary N) is 2. The van der Waals surface area contributed by atoms with Crippen molar-refractivity contribution in [2.45, 2.75) is 119 Å². The lowest BCUT2D eigenvalue weighted by atomic mass is 9.69. The van der Waals surface area contributed by atoms with Gasteiger partial charge in [-0.25, -0.2) is 0 Å². The summed E-state index contributed by atoms with van der Waals surface area (Å²) in [4.78, 5) is 2.45. The summed E-state index contributed by atoms with van der Waals surface area (Å²) in [5.74, 6) is 1.39. The van der Waals surface area contributed by atoms with E-state index in [4.69, 9.17) is 0 Å². The van der Waals surface area contributed by atoms with Gasteiger partial charge in [-0.3, -0.25) is 0 Å². The number of benzene rings is 1. The summed E-state index contributed by atoms with van der Waals surface area (Å²) < 4.78 is 0. The zero-order valence-corrected chi connectivity index (χ0v) is 26.9. The Morgan fingerprint density at radius 3 is 2.31 bits per heavy atom. The highest BCUT2D eigenvalue weighted by molar-refractivity contribution is 5.60. The number of para-hydroxylation sites is 1. The molecule has 1 aromatic rings. The summed E-state index contributed by atoms with van der Waals surface area (Å²) in [5, 5.41) is 7.32. The predicted octanol–water partition coefficient (Wildman–Crippen LogP) is 9.62. The first-order valence-corrected chi connectivity index (χ1v) is 15.8. The Morgan fingerprint density at radius 1 is 1.03 bits per heavy atom. The average molecular weight is 536 g/mol. The third-order valence-electron chi connectivity index (χ3n) is 9.05. The molecule has 3 nitrogen and oxygen atoms in total. The normalized spacial score (nSPS) is 18.8. The number of fused-ring (bicyclic) bond motifs is 1. The summed E-state index contributed by atoms with van der Waals surface area (Å²) in [6, 6.07) is 9.16. The Labute approximate surface area is 242 Å². The van der Waals surface area contributed by atoms with Crippen molar-refractivity contribution in [2.75, 3.05) is 18.0 Å². The van der Waals surface area contributed by atoms with Gasteiger partial charge in [-0.1, -0.05) is 106 Å². The standard InChI is InChI=1S/C34H55N3.C2H6/c1-25(2)36-31-21-29-15-13-14-18-32(29)37(24-31)27(4)22-33(6,7)20-19-26(3)23-35-28(5)34(8,9)30-16-11-10-12-17-30;1-2/h13-15,18,26,30-31,35-36H,1,4-5,10-12,16-17,19-24H2,2-3,6-9H3;1-2H3. The minimum absolute atomic E-state index is 0.179. The molecule has 1 aliphatic carbocycles. The van der Waals surface area contributed by atoms with Crippen molar-refractivity contribution >= 4 is 5.69 Å². The first kappa shape index (κ1) is 33.0. The summed E-state index contributed by atoms with van der Waals surface area (Å²) in [6.07, 6.45) is 11.3. The number of rotatable bonds is 13. The fourth-order valence-corrected chi connectivity index (χ4v) is 6.41. The van der Waals surface area contributed by atoms with Gasteiger partial charge in [0.05, 0.1) is 0 Å². The van der Waals surface area contributed by atoms with Crippen LogP contribution in [0.1, 0.15) is 112 Å². The smallest absolute Gasteiger partial charge is 0.0478 e. The van der Waals surface area contributed by atoms with Crippen LogP contribution < -0.4 is 15.5 Å². The molecule has 0 radical (unpaired) electrons. The van der Waals surface area contributed by atoms with Crippen LogP contribution in [0, 0.1) is 22.7 Å². The average Bonchev–Trinajstić information content (AvgIpc) is 2.91. The molecule has 2 unspecified atom stereocenters.